The van der Waals surface area contributed by atoms with Crippen LogP contribution in [0, 0.1) is 0 Å². The van der Waals surface area contributed by atoms with Crippen molar-refractivity contribution in [2.24, 2.45) is 0 Å². The summed E-state index contributed by atoms with van der Waals surface area (Å²) in [6.07, 6.45) is -5.03. The van der Waals surface area contributed by atoms with Crippen molar-refractivity contribution >= 4 is 33.4 Å². The fourth-order valence-electron chi connectivity index (χ4n) is 0.971. The maximum atomic E-state index is 12.1. The van der Waals surface area contributed by atoms with E-state index in [1.165, 1.54) is 0 Å². The van der Waals surface area contributed by atoms with Gasteiger partial charge in [0.1, 0.15) is 0 Å². The number of halogens is 7. The molecule has 0 bridgehead atoms. The Bertz CT molecular complexity index is 446. The van der Waals surface area contributed by atoms with E-state index in [1.807, 2.05) is 0 Å². The third-order valence-electron chi connectivity index (χ3n) is 1.52. The zero-order valence-electron chi connectivity index (χ0n) is 8.19. The number of nitrogen functional groups attached to an aromatic ring is 1. The minimum absolute atomic E-state index is 0.115. The van der Waals surface area contributed by atoms with Crippen molar-refractivity contribution in [1.82, 2.24) is 0 Å². The molecule has 0 aliphatic heterocycles. The van der Waals surface area contributed by atoms with Crippen molar-refractivity contribution in [2.75, 3.05) is 5.73 Å². The molecule has 0 unspecified atom stereocenters. The van der Waals surface area contributed by atoms with E-state index >= 15 is 0 Å². The Hall–Kier alpha value is -0.770. The zero-order valence-corrected chi connectivity index (χ0v) is 10.6. The highest BCUT2D eigenvalue weighted by Gasteiger charge is 2.34. The van der Waals surface area contributed by atoms with Crippen LogP contribution in [-0.2, 0) is 0 Å². The van der Waals surface area contributed by atoms with Crippen LogP contribution in [-0.4, -0.2) is 11.9 Å². The summed E-state index contributed by atoms with van der Waals surface area (Å²) in [5.41, 5.74) is 0.208. The van der Waals surface area contributed by atoms with Gasteiger partial charge in [0.2, 0.25) is 0 Å². The smallest absolute Gasteiger partial charge is 0.403 e. The van der Waals surface area contributed by atoms with Crippen LogP contribution in [0.15, 0.2) is 21.5 Å². The van der Waals surface area contributed by atoms with Gasteiger partial charge in [0.05, 0.1) is 5.69 Å². The predicted molar refractivity (Wildman–Crippen MR) is 57.1 cm³/mol. The fraction of sp³-hybridized carbons (Fsp3) is 0.250. The molecular weight excluding hydrogens is 352 g/mol. The Morgan fingerprint density at radius 1 is 1.11 bits per heavy atom. The van der Waals surface area contributed by atoms with E-state index in [1.54, 1.807) is 0 Å². The van der Waals surface area contributed by atoms with Crippen LogP contribution < -0.4 is 10.5 Å². The van der Waals surface area contributed by atoms with E-state index in [4.69, 9.17) is 5.73 Å². The highest BCUT2D eigenvalue weighted by Crippen LogP contribution is 2.43. The first kappa shape index (κ1) is 15.3. The molecule has 0 saturated carbocycles. The minimum atomic E-state index is -5.03. The second kappa shape index (κ2) is 5.08. The van der Waals surface area contributed by atoms with Crippen LogP contribution in [0.3, 0.4) is 0 Å². The molecule has 0 amide bonds. The first-order valence-electron chi connectivity index (χ1n) is 4.08. The van der Waals surface area contributed by atoms with Crippen molar-refractivity contribution in [3.63, 3.8) is 0 Å². The Balaban J connectivity index is 3.11. The predicted octanol–water partition coefficient (Wildman–Crippen LogP) is 4.54. The van der Waals surface area contributed by atoms with Crippen molar-refractivity contribution in [2.45, 2.75) is 16.8 Å². The van der Waals surface area contributed by atoms with E-state index in [-0.39, 0.29) is 4.47 Å². The Kier molecular flexibility index (Phi) is 4.31. The summed E-state index contributed by atoms with van der Waals surface area (Å²) < 4.78 is 75.7. The minimum Gasteiger partial charge on any atom is -0.403 e. The lowest BCUT2D eigenvalue weighted by Gasteiger charge is -2.14. The number of anilines is 1. The molecule has 102 valence electrons. The normalized spacial score (nSPS) is 12.6. The number of rotatable bonds is 2. The highest BCUT2D eigenvalue weighted by molar-refractivity contribution is 9.10. The summed E-state index contributed by atoms with van der Waals surface area (Å²) in [7, 11) is 0. The van der Waals surface area contributed by atoms with Gasteiger partial charge in [-0.1, -0.05) is 0 Å². The van der Waals surface area contributed by atoms with Crippen molar-refractivity contribution in [3.8, 4) is 5.75 Å². The first-order chi connectivity index (χ1) is 7.98. The second-order valence-electron chi connectivity index (χ2n) is 2.91. The summed E-state index contributed by atoms with van der Waals surface area (Å²) in [6.45, 7) is 0. The van der Waals surface area contributed by atoms with E-state index in [9.17, 15) is 26.3 Å². The Morgan fingerprint density at radius 2 is 1.67 bits per heavy atom. The molecule has 2 N–H and O–H groups in total. The van der Waals surface area contributed by atoms with Gasteiger partial charge in [0.25, 0.3) is 0 Å². The number of benzene rings is 1. The van der Waals surface area contributed by atoms with E-state index in [2.05, 4.69) is 20.7 Å². The van der Waals surface area contributed by atoms with Gasteiger partial charge in [-0.3, -0.25) is 0 Å². The maximum absolute atomic E-state index is 12.1. The van der Waals surface area contributed by atoms with Gasteiger partial charge in [0.15, 0.2) is 5.75 Å². The average molecular weight is 356 g/mol. The van der Waals surface area contributed by atoms with Crippen LogP contribution in [0.4, 0.5) is 32.0 Å². The maximum Gasteiger partial charge on any atom is 0.573 e. The van der Waals surface area contributed by atoms with E-state index in [0.717, 1.165) is 6.07 Å². The molecule has 2 nitrogen and oxygen atoms in total. The summed E-state index contributed by atoms with van der Waals surface area (Å²) in [4.78, 5) is -0.470. The molecule has 0 saturated heterocycles. The van der Waals surface area contributed by atoms with Crippen LogP contribution in [0.1, 0.15) is 0 Å². The SMILES string of the molecule is Nc1c(Br)cc(SC(F)(F)F)cc1OC(F)(F)F. The Labute approximate surface area is 110 Å². The zero-order chi connectivity index (χ0) is 14.1. The summed E-state index contributed by atoms with van der Waals surface area (Å²) >= 11 is 2.19. The molecule has 10 heteroatoms. The number of hydrogen-bond donors (Lipinski definition) is 1. The number of alkyl halides is 6. The Morgan fingerprint density at radius 3 is 2.11 bits per heavy atom. The standard InChI is InChI=1S/C8H4BrF6NOS/c9-4-1-3(18-8(13,14)15)2-5(6(4)16)17-7(10,11)12/h1-2H,16H2. The monoisotopic (exact) mass is 355 g/mol. The van der Waals surface area contributed by atoms with Gasteiger partial charge in [-0.15, -0.1) is 13.2 Å². The van der Waals surface area contributed by atoms with Crippen molar-refractivity contribution in [3.05, 3.63) is 16.6 Å². The lowest BCUT2D eigenvalue weighted by molar-refractivity contribution is -0.274. The molecular formula is C8H4BrF6NOS. The van der Waals surface area contributed by atoms with Gasteiger partial charge >= 0.3 is 11.9 Å². The van der Waals surface area contributed by atoms with Gasteiger partial charge in [-0.2, -0.15) is 13.2 Å². The molecule has 1 aromatic rings. The quantitative estimate of drug-likeness (QED) is 0.480. The molecule has 1 rings (SSSR count). The molecule has 0 radical (unpaired) electrons. The second-order valence-corrected chi connectivity index (χ2v) is 4.91. The third-order valence-corrected chi connectivity index (χ3v) is 2.88. The van der Waals surface area contributed by atoms with Crippen LogP contribution in [0.5, 0.6) is 5.75 Å². The molecule has 0 atom stereocenters. The lowest BCUT2D eigenvalue weighted by atomic mass is 10.3. The third kappa shape index (κ3) is 4.84. The van der Waals surface area contributed by atoms with Crippen LogP contribution in [0.25, 0.3) is 0 Å². The number of hydrogen-bond acceptors (Lipinski definition) is 3. The van der Waals surface area contributed by atoms with E-state index in [0.29, 0.717) is 6.07 Å². The number of nitrogens with two attached hydrogens (primary N) is 1. The van der Waals surface area contributed by atoms with Crippen molar-refractivity contribution < 1.29 is 31.1 Å². The molecule has 0 aromatic heterocycles. The molecule has 18 heavy (non-hydrogen) atoms. The van der Waals surface area contributed by atoms with Gasteiger partial charge < -0.3 is 10.5 Å². The fourth-order valence-corrected chi connectivity index (χ4v) is 2.17. The largest absolute Gasteiger partial charge is 0.573 e. The molecule has 1 aromatic carbocycles. The van der Waals surface area contributed by atoms with Gasteiger partial charge in [0, 0.05) is 9.37 Å². The first-order valence-corrected chi connectivity index (χ1v) is 5.69. The number of thioether (sulfide) groups is 1. The van der Waals surface area contributed by atoms with Crippen LogP contribution >= 0.6 is 27.7 Å². The highest BCUT2D eigenvalue weighted by atomic mass is 79.9. The summed E-state index contributed by atoms with van der Waals surface area (Å²) in [6, 6.07) is 1.53. The van der Waals surface area contributed by atoms with Gasteiger partial charge in [-0.25, -0.2) is 0 Å². The molecule has 0 fully saturated rings. The number of ether oxygens (including phenoxy) is 1. The van der Waals surface area contributed by atoms with Gasteiger partial charge in [-0.05, 0) is 39.8 Å². The van der Waals surface area contributed by atoms with E-state index < -0.39 is 40.0 Å². The lowest BCUT2D eigenvalue weighted by Crippen LogP contribution is -2.18. The average Bonchev–Trinajstić information content (AvgIpc) is 2.08. The van der Waals surface area contributed by atoms with Crippen molar-refractivity contribution in [1.29, 1.82) is 0 Å². The summed E-state index contributed by atoms with van der Waals surface area (Å²) in [5, 5.41) is 0. The van der Waals surface area contributed by atoms with Crippen LogP contribution in [0.2, 0.25) is 0 Å². The topological polar surface area (TPSA) is 35.2 Å². The molecule has 0 aliphatic carbocycles. The molecule has 0 spiro atoms. The molecule has 0 heterocycles. The molecule has 0 aliphatic rings. The summed E-state index contributed by atoms with van der Waals surface area (Å²) in [5.74, 6) is -0.886.